The molecular weight excluding hydrogens is 244 g/mol. The van der Waals surface area contributed by atoms with E-state index in [1.807, 2.05) is 5.38 Å². The van der Waals surface area contributed by atoms with E-state index >= 15 is 0 Å². The van der Waals surface area contributed by atoms with Gasteiger partial charge in [-0.3, -0.25) is 0 Å². The molecule has 1 aliphatic carbocycles. The first-order valence-corrected chi connectivity index (χ1v) is 7.30. The van der Waals surface area contributed by atoms with Gasteiger partial charge in [0.2, 0.25) is 0 Å². The van der Waals surface area contributed by atoms with Gasteiger partial charge in [-0.1, -0.05) is 6.92 Å². The van der Waals surface area contributed by atoms with E-state index in [1.165, 1.54) is 17.7 Å². The molecule has 0 saturated heterocycles. The van der Waals surface area contributed by atoms with Crippen molar-refractivity contribution in [2.45, 2.75) is 32.6 Å². The summed E-state index contributed by atoms with van der Waals surface area (Å²) in [5.41, 5.74) is 2.51. The van der Waals surface area contributed by atoms with Gasteiger partial charge in [-0.05, 0) is 25.7 Å². The lowest BCUT2D eigenvalue weighted by atomic mass is 10.2. The molecule has 1 N–H and O–H groups in total. The Kier molecular flexibility index (Phi) is 3.23. The van der Waals surface area contributed by atoms with Crippen molar-refractivity contribution in [2.75, 3.05) is 11.9 Å². The molecule has 0 saturated carbocycles. The minimum Gasteiger partial charge on any atom is -0.370 e. The molecule has 5 heteroatoms. The summed E-state index contributed by atoms with van der Waals surface area (Å²) < 4.78 is 0. The molecule has 0 radical (unpaired) electrons. The van der Waals surface area contributed by atoms with E-state index in [-0.39, 0.29) is 0 Å². The first-order valence-electron chi connectivity index (χ1n) is 6.42. The largest absolute Gasteiger partial charge is 0.370 e. The summed E-state index contributed by atoms with van der Waals surface area (Å²) in [6.45, 7) is 3.12. The van der Waals surface area contributed by atoms with Crippen molar-refractivity contribution in [1.29, 1.82) is 0 Å². The Morgan fingerprint density at radius 3 is 3.06 bits per heavy atom. The van der Waals surface area contributed by atoms with Crippen molar-refractivity contribution >= 4 is 17.2 Å². The molecule has 1 aliphatic rings. The smallest absolute Gasteiger partial charge is 0.190 e. The number of hydrogen-bond acceptors (Lipinski definition) is 5. The Balaban J connectivity index is 2.02. The monoisotopic (exact) mass is 260 g/mol. The van der Waals surface area contributed by atoms with E-state index in [0.717, 1.165) is 42.5 Å². The van der Waals surface area contributed by atoms with Gasteiger partial charge in [0.15, 0.2) is 10.8 Å². The predicted molar refractivity (Wildman–Crippen MR) is 73.9 cm³/mol. The van der Waals surface area contributed by atoms with Gasteiger partial charge in [-0.25, -0.2) is 15.0 Å². The van der Waals surface area contributed by atoms with Crippen LogP contribution >= 0.6 is 11.3 Å². The number of nitrogens with zero attached hydrogens (tertiary/aromatic N) is 3. The zero-order valence-electron chi connectivity index (χ0n) is 10.4. The fourth-order valence-corrected chi connectivity index (χ4v) is 2.82. The molecule has 2 aromatic rings. The maximum Gasteiger partial charge on any atom is 0.190 e. The van der Waals surface area contributed by atoms with Crippen LogP contribution in [0.4, 0.5) is 5.82 Å². The summed E-state index contributed by atoms with van der Waals surface area (Å²) in [4.78, 5) is 13.6. The van der Waals surface area contributed by atoms with E-state index in [4.69, 9.17) is 0 Å². The number of anilines is 1. The van der Waals surface area contributed by atoms with E-state index in [1.54, 1.807) is 17.5 Å². The minimum absolute atomic E-state index is 0.768. The van der Waals surface area contributed by atoms with Crippen LogP contribution in [0.3, 0.4) is 0 Å². The van der Waals surface area contributed by atoms with E-state index < -0.39 is 0 Å². The van der Waals surface area contributed by atoms with Crippen molar-refractivity contribution in [3.05, 3.63) is 22.8 Å². The van der Waals surface area contributed by atoms with Crippen molar-refractivity contribution in [1.82, 2.24) is 15.0 Å². The zero-order chi connectivity index (χ0) is 12.4. The highest BCUT2D eigenvalue weighted by Crippen LogP contribution is 2.29. The molecule has 0 aliphatic heterocycles. The number of aromatic nitrogens is 3. The van der Waals surface area contributed by atoms with Gasteiger partial charge >= 0.3 is 0 Å². The van der Waals surface area contributed by atoms with Gasteiger partial charge < -0.3 is 5.32 Å². The summed E-state index contributed by atoms with van der Waals surface area (Å²) in [7, 11) is 0. The Labute approximate surface area is 111 Å². The van der Waals surface area contributed by atoms with Gasteiger partial charge in [0, 0.05) is 29.4 Å². The Hall–Kier alpha value is -1.49. The first-order chi connectivity index (χ1) is 8.88. The molecule has 2 heterocycles. The van der Waals surface area contributed by atoms with Crippen LogP contribution in [0, 0.1) is 0 Å². The molecule has 3 rings (SSSR count). The Bertz CT molecular complexity index is 536. The number of nitrogens with one attached hydrogen (secondary N) is 1. The minimum atomic E-state index is 0.768. The molecule has 0 unspecified atom stereocenters. The maximum atomic E-state index is 4.66. The topological polar surface area (TPSA) is 50.7 Å². The van der Waals surface area contributed by atoms with Crippen LogP contribution in [0.25, 0.3) is 10.8 Å². The van der Waals surface area contributed by atoms with Gasteiger partial charge in [0.25, 0.3) is 0 Å². The Morgan fingerprint density at radius 1 is 1.33 bits per heavy atom. The quantitative estimate of drug-likeness (QED) is 0.918. The third-order valence-corrected chi connectivity index (χ3v) is 3.87. The number of rotatable bonds is 4. The van der Waals surface area contributed by atoms with Gasteiger partial charge in [0.1, 0.15) is 5.82 Å². The fraction of sp³-hybridized carbons (Fsp3) is 0.462. The van der Waals surface area contributed by atoms with Crippen LogP contribution in [0.15, 0.2) is 11.6 Å². The summed E-state index contributed by atoms with van der Waals surface area (Å²) >= 11 is 1.59. The Morgan fingerprint density at radius 2 is 2.28 bits per heavy atom. The standard InChI is InChI=1S/C13H16N4S/c1-2-6-14-11-9-4-3-5-10(9)16-12(17-11)13-15-7-8-18-13/h7-8H,2-6H2,1H3,(H,14,16,17). The van der Waals surface area contributed by atoms with Gasteiger partial charge in [0.05, 0.1) is 0 Å². The lowest BCUT2D eigenvalue weighted by Gasteiger charge is -2.10. The number of hydrogen-bond donors (Lipinski definition) is 1. The summed E-state index contributed by atoms with van der Waals surface area (Å²) in [6, 6.07) is 0. The second-order valence-electron chi connectivity index (χ2n) is 4.44. The molecule has 2 aromatic heterocycles. The highest BCUT2D eigenvalue weighted by molar-refractivity contribution is 7.13. The summed E-state index contributed by atoms with van der Waals surface area (Å²) in [5, 5.41) is 6.29. The summed E-state index contributed by atoms with van der Waals surface area (Å²) in [5.74, 6) is 1.79. The second-order valence-corrected chi connectivity index (χ2v) is 5.33. The molecule has 94 valence electrons. The van der Waals surface area contributed by atoms with Crippen LogP contribution in [0.5, 0.6) is 0 Å². The fourth-order valence-electron chi connectivity index (χ4n) is 2.25. The second kappa shape index (κ2) is 5.02. The molecule has 0 aromatic carbocycles. The SMILES string of the molecule is CCCNc1nc(-c2nccs2)nc2c1CCC2. The third-order valence-electron chi connectivity index (χ3n) is 3.10. The molecular formula is C13H16N4S. The molecule has 0 spiro atoms. The van der Waals surface area contributed by atoms with E-state index in [2.05, 4.69) is 27.2 Å². The van der Waals surface area contributed by atoms with Crippen molar-refractivity contribution in [2.24, 2.45) is 0 Å². The van der Waals surface area contributed by atoms with Crippen molar-refractivity contribution < 1.29 is 0 Å². The average molecular weight is 260 g/mol. The number of fused-ring (bicyclic) bond motifs is 1. The third kappa shape index (κ3) is 2.10. The molecule has 0 amide bonds. The number of aryl methyl sites for hydroxylation is 1. The molecule has 0 atom stereocenters. The van der Waals surface area contributed by atoms with Crippen molar-refractivity contribution in [3.8, 4) is 10.8 Å². The van der Waals surface area contributed by atoms with E-state index in [9.17, 15) is 0 Å². The molecule has 0 fully saturated rings. The molecule has 18 heavy (non-hydrogen) atoms. The number of thiazole rings is 1. The maximum absolute atomic E-state index is 4.66. The highest BCUT2D eigenvalue weighted by Gasteiger charge is 2.20. The molecule has 4 nitrogen and oxygen atoms in total. The first kappa shape index (κ1) is 11.6. The van der Waals surface area contributed by atoms with Crippen LogP contribution in [0.1, 0.15) is 31.0 Å². The van der Waals surface area contributed by atoms with Crippen LogP contribution in [-0.4, -0.2) is 21.5 Å². The normalized spacial score (nSPS) is 13.6. The lowest BCUT2D eigenvalue weighted by molar-refractivity contribution is 0.899. The van der Waals surface area contributed by atoms with Crippen LogP contribution in [-0.2, 0) is 12.8 Å². The highest BCUT2D eigenvalue weighted by atomic mass is 32.1. The predicted octanol–water partition coefficient (Wildman–Crippen LogP) is 2.91. The molecule has 0 bridgehead atoms. The van der Waals surface area contributed by atoms with Crippen LogP contribution < -0.4 is 5.32 Å². The lowest BCUT2D eigenvalue weighted by Crippen LogP contribution is -2.08. The van der Waals surface area contributed by atoms with Crippen LogP contribution in [0.2, 0.25) is 0 Å². The van der Waals surface area contributed by atoms with Gasteiger partial charge in [-0.2, -0.15) is 0 Å². The van der Waals surface area contributed by atoms with Gasteiger partial charge in [-0.15, -0.1) is 11.3 Å². The van der Waals surface area contributed by atoms with Crippen molar-refractivity contribution in [3.63, 3.8) is 0 Å². The summed E-state index contributed by atoms with van der Waals surface area (Å²) in [6.07, 6.45) is 6.25. The zero-order valence-corrected chi connectivity index (χ0v) is 11.3. The average Bonchev–Trinajstić information content (AvgIpc) is 3.05. The van der Waals surface area contributed by atoms with E-state index in [0.29, 0.717) is 0 Å².